The fraction of sp³-hybridized carbons (Fsp3) is 0.250. The highest BCUT2D eigenvalue weighted by molar-refractivity contribution is 6.02. The molecule has 0 amide bonds. The fourth-order valence-corrected chi connectivity index (χ4v) is 3.39. The molecule has 2 aromatic heterocycles. The monoisotopic (exact) mass is 340 g/mol. The van der Waals surface area contributed by atoms with Crippen LogP contribution in [0.2, 0.25) is 0 Å². The van der Waals surface area contributed by atoms with Gasteiger partial charge in [-0.3, -0.25) is 9.97 Å². The van der Waals surface area contributed by atoms with Crippen LogP contribution in [0, 0.1) is 0 Å². The Balaban J connectivity index is 2.12. The maximum atomic E-state index is 5.06. The van der Waals surface area contributed by atoms with Gasteiger partial charge in [0.25, 0.3) is 0 Å². The van der Waals surface area contributed by atoms with Gasteiger partial charge in [0.1, 0.15) is 0 Å². The third-order valence-corrected chi connectivity index (χ3v) is 4.93. The van der Waals surface area contributed by atoms with Gasteiger partial charge in [0.2, 0.25) is 0 Å². The van der Waals surface area contributed by atoms with E-state index in [2.05, 4.69) is 88.4 Å². The van der Waals surface area contributed by atoms with Crippen molar-refractivity contribution in [3.05, 3.63) is 72.1 Å². The number of rotatable bonds is 3. The van der Waals surface area contributed by atoms with E-state index in [0.29, 0.717) is 11.8 Å². The lowest BCUT2D eigenvalue weighted by Crippen LogP contribution is -2.01. The van der Waals surface area contributed by atoms with Gasteiger partial charge in [-0.15, -0.1) is 0 Å². The second-order valence-electron chi connectivity index (χ2n) is 7.54. The van der Waals surface area contributed by atoms with Gasteiger partial charge < -0.3 is 0 Å². The number of benzene rings is 2. The van der Waals surface area contributed by atoms with Crippen molar-refractivity contribution in [2.45, 2.75) is 39.5 Å². The quantitative estimate of drug-likeness (QED) is 0.415. The number of fused-ring (bicyclic) bond motifs is 2. The minimum atomic E-state index is 0.373. The summed E-state index contributed by atoms with van der Waals surface area (Å²) in [7, 11) is 0. The van der Waals surface area contributed by atoms with E-state index in [-0.39, 0.29) is 0 Å². The van der Waals surface area contributed by atoms with E-state index in [9.17, 15) is 0 Å². The SMILES string of the molecule is CC(C)c1cc2ccccc2c(-c2nc(C(C)C)cc3ccccc23)n1. The van der Waals surface area contributed by atoms with Crippen molar-refractivity contribution in [2.24, 2.45) is 0 Å². The van der Waals surface area contributed by atoms with Gasteiger partial charge in [0.05, 0.1) is 11.4 Å². The van der Waals surface area contributed by atoms with Crippen molar-refractivity contribution in [3.63, 3.8) is 0 Å². The molecule has 0 fully saturated rings. The highest BCUT2D eigenvalue weighted by atomic mass is 14.8. The van der Waals surface area contributed by atoms with E-state index >= 15 is 0 Å². The molecule has 130 valence electrons. The zero-order valence-corrected chi connectivity index (χ0v) is 15.8. The van der Waals surface area contributed by atoms with E-state index in [1.165, 1.54) is 10.8 Å². The van der Waals surface area contributed by atoms with Crippen LogP contribution < -0.4 is 0 Å². The Bertz CT molecular complexity index is 1000. The summed E-state index contributed by atoms with van der Waals surface area (Å²) >= 11 is 0. The zero-order chi connectivity index (χ0) is 18.3. The van der Waals surface area contributed by atoms with Crippen molar-refractivity contribution >= 4 is 21.5 Å². The van der Waals surface area contributed by atoms with Crippen molar-refractivity contribution in [3.8, 4) is 11.4 Å². The van der Waals surface area contributed by atoms with E-state index in [1.807, 2.05) is 0 Å². The predicted octanol–water partition coefficient (Wildman–Crippen LogP) is 6.70. The van der Waals surface area contributed by atoms with E-state index in [0.717, 1.165) is 33.5 Å². The summed E-state index contributed by atoms with van der Waals surface area (Å²) in [4.78, 5) is 10.1. The molecule has 0 radical (unpaired) electrons. The first-order chi connectivity index (χ1) is 12.5. The summed E-state index contributed by atoms with van der Waals surface area (Å²) in [6.45, 7) is 8.77. The molecule has 4 rings (SSSR count). The molecule has 26 heavy (non-hydrogen) atoms. The molecule has 0 bridgehead atoms. The molecule has 4 aromatic rings. The summed E-state index contributed by atoms with van der Waals surface area (Å²) < 4.78 is 0. The van der Waals surface area contributed by atoms with Crippen LogP contribution in [0.4, 0.5) is 0 Å². The molecule has 0 aliphatic rings. The molecule has 0 saturated heterocycles. The molecule has 2 heterocycles. The third-order valence-electron chi connectivity index (χ3n) is 4.93. The number of hydrogen-bond acceptors (Lipinski definition) is 2. The van der Waals surface area contributed by atoms with Crippen LogP contribution in [0.15, 0.2) is 60.7 Å². The molecule has 0 aliphatic carbocycles. The summed E-state index contributed by atoms with van der Waals surface area (Å²) in [5.41, 5.74) is 4.20. The first kappa shape index (κ1) is 16.7. The minimum absolute atomic E-state index is 0.373. The molecule has 2 aromatic carbocycles. The standard InChI is InChI=1S/C24H24N2/c1-15(2)21-13-17-9-5-7-11-19(17)23(25-21)24-20-12-8-6-10-18(20)14-22(26-24)16(3)4/h5-16H,1-4H3. The predicted molar refractivity (Wildman–Crippen MR) is 111 cm³/mol. The smallest absolute Gasteiger partial charge is 0.0974 e. The van der Waals surface area contributed by atoms with Crippen LogP contribution in [-0.2, 0) is 0 Å². The van der Waals surface area contributed by atoms with Crippen molar-refractivity contribution in [1.29, 1.82) is 0 Å². The molecule has 0 unspecified atom stereocenters. The molecule has 0 atom stereocenters. The average molecular weight is 340 g/mol. The van der Waals surface area contributed by atoms with Gasteiger partial charge in [-0.2, -0.15) is 0 Å². The van der Waals surface area contributed by atoms with Gasteiger partial charge >= 0.3 is 0 Å². The highest BCUT2D eigenvalue weighted by Crippen LogP contribution is 2.34. The summed E-state index contributed by atoms with van der Waals surface area (Å²) in [5.74, 6) is 0.746. The molecule has 0 aliphatic heterocycles. The normalized spacial score (nSPS) is 11.8. The molecular weight excluding hydrogens is 316 g/mol. The zero-order valence-electron chi connectivity index (χ0n) is 15.8. The number of hydrogen-bond donors (Lipinski definition) is 0. The van der Waals surface area contributed by atoms with Crippen molar-refractivity contribution < 1.29 is 0 Å². The minimum Gasteiger partial charge on any atom is -0.250 e. The summed E-state index contributed by atoms with van der Waals surface area (Å²) in [5, 5.41) is 4.77. The van der Waals surface area contributed by atoms with Gasteiger partial charge in [0.15, 0.2) is 0 Å². The Morgan fingerprint density at radius 1 is 0.577 bits per heavy atom. The lowest BCUT2D eigenvalue weighted by molar-refractivity contribution is 0.820. The van der Waals surface area contributed by atoms with Crippen LogP contribution in [0.3, 0.4) is 0 Å². The average Bonchev–Trinajstić information content (AvgIpc) is 2.66. The first-order valence-corrected chi connectivity index (χ1v) is 9.34. The fourth-order valence-electron chi connectivity index (χ4n) is 3.39. The molecule has 0 N–H and O–H groups in total. The van der Waals surface area contributed by atoms with Crippen LogP contribution in [0.1, 0.15) is 50.9 Å². The van der Waals surface area contributed by atoms with Crippen molar-refractivity contribution in [2.75, 3.05) is 0 Å². The van der Waals surface area contributed by atoms with Crippen molar-refractivity contribution in [1.82, 2.24) is 9.97 Å². The maximum absolute atomic E-state index is 5.06. The molecular formula is C24H24N2. The summed E-state index contributed by atoms with van der Waals surface area (Å²) in [6.07, 6.45) is 0. The number of pyridine rings is 2. The Morgan fingerprint density at radius 2 is 0.962 bits per heavy atom. The number of nitrogens with zero attached hydrogens (tertiary/aromatic N) is 2. The Kier molecular flexibility index (Phi) is 4.20. The first-order valence-electron chi connectivity index (χ1n) is 9.34. The molecule has 2 nitrogen and oxygen atoms in total. The second-order valence-corrected chi connectivity index (χ2v) is 7.54. The summed E-state index contributed by atoms with van der Waals surface area (Å²) in [6, 6.07) is 21.4. The van der Waals surface area contributed by atoms with E-state index in [1.54, 1.807) is 0 Å². The van der Waals surface area contributed by atoms with E-state index < -0.39 is 0 Å². The molecule has 0 spiro atoms. The number of aromatic nitrogens is 2. The maximum Gasteiger partial charge on any atom is 0.0974 e. The van der Waals surface area contributed by atoms with Gasteiger partial charge in [0, 0.05) is 22.2 Å². The van der Waals surface area contributed by atoms with E-state index in [4.69, 9.17) is 9.97 Å². The molecule has 0 saturated carbocycles. The van der Waals surface area contributed by atoms with Gasteiger partial charge in [-0.05, 0) is 34.7 Å². The highest BCUT2D eigenvalue weighted by Gasteiger charge is 2.16. The second kappa shape index (κ2) is 6.53. The van der Waals surface area contributed by atoms with Crippen LogP contribution in [0.5, 0.6) is 0 Å². The Hall–Kier alpha value is -2.74. The molecule has 2 heteroatoms. The lowest BCUT2D eigenvalue weighted by Gasteiger charge is -2.15. The van der Waals surface area contributed by atoms with Crippen LogP contribution >= 0.6 is 0 Å². The van der Waals surface area contributed by atoms with Crippen LogP contribution in [0.25, 0.3) is 32.9 Å². The van der Waals surface area contributed by atoms with Crippen LogP contribution in [-0.4, -0.2) is 9.97 Å². The third kappa shape index (κ3) is 2.86. The van der Waals surface area contributed by atoms with Gasteiger partial charge in [-0.1, -0.05) is 76.2 Å². The largest absolute Gasteiger partial charge is 0.250 e. The Morgan fingerprint density at radius 3 is 1.35 bits per heavy atom. The van der Waals surface area contributed by atoms with Gasteiger partial charge in [-0.25, -0.2) is 0 Å². The Labute approximate surface area is 154 Å². The topological polar surface area (TPSA) is 25.8 Å². The lowest BCUT2D eigenvalue weighted by atomic mass is 9.98.